The number of nitrogens with zero attached hydrogens (tertiary/aromatic N) is 3. The second-order valence-corrected chi connectivity index (χ2v) is 6.51. The molecular weight excluding hydrogens is 319 g/mol. The van der Waals surface area contributed by atoms with Gasteiger partial charge in [-0.05, 0) is 45.2 Å². The number of anilines is 1. The van der Waals surface area contributed by atoms with Crippen molar-refractivity contribution in [3.63, 3.8) is 0 Å². The van der Waals surface area contributed by atoms with Gasteiger partial charge in [0.2, 0.25) is 0 Å². The van der Waals surface area contributed by atoms with Crippen molar-refractivity contribution in [1.82, 2.24) is 9.88 Å². The van der Waals surface area contributed by atoms with Crippen LogP contribution in [0.3, 0.4) is 0 Å². The molecule has 0 bridgehead atoms. The topological polar surface area (TPSA) is 39.6 Å². The summed E-state index contributed by atoms with van der Waals surface area (Å²) in [4.78, 5) is 7.87. The highest BCUT2D eigenvalue weighted by atomic mass is 19.4. The lowest BCUT2D eigenvalue weighted by molar-refractivity contribution is -0.137. The molecule has 0 spiro atoms. The molecule has 136 valence electrons. The predicted octanol–water partition coefficient (Wildman–Crippen LogP) is 3.16. The fourth-order valence-corrected chi connectivity index (χ4v) is 2.90. The van der Waals surface area contributed by atoms with Gasteiger partial charge in [0.25, 0.3) is 0 Å². The van der Waals surface area contributed by atoms with E-state index in [9.17, 15) is 13.2 Å². The summed E-state index contributed by atoms with van der Waals surface area (Å²) in [6, 6.07) is 1.18. The molecule has 0 saturated carbocycles. The lowest BCUT2D eigenvalue weighted by Gasteiger charge is -2.28. The van der Waals surface area contributed by atoms with Crippen molar-refractivity contribution < 1.29 is 18.3 Å². The smallest absolute Gasteiger partial charge is 0.393 e. The first-order chi connectivity index (χ1) is 11.4. The van der Waals surface area contributed by atoms with Crippen LogP contribution in [0.5, 0.6) is 0 Å². The van der Waals surface area contributed by atoms with Crippen LogP contribution in [0.4, 0.5) is 18.9 Å². The van der Waals surface area contributed by atoms with E-state index in [2.05, 4.69) is 16.9 Å². The van der Waals surface area contributed by atoms with Crippen LogP contribution in [0, 0.1) is 0 Å². The number of aromatic nitrogens is 1. The van der Waals surface area contributed by atoms with Gasteiger partial charge < -0.3 is 14.9 Å². The van der Waals surface area contributed by atoms with Gasteiger partial charge in [0.05, 0.1) is 23.6 Å². The molecule has 0 aliphatic carbocycles. The van der Waals surface area contributed by atoms with Gasteiger partial charge in [-0.25, -0.2) is 0 Å². The Balaban J connectivity index is 0.000000219. The number of alkyl halides is 3. The van der Waals surface area contributed by atoms with Crippen molar-refractivity contribution in [2.75, 3.05) is 38.1 Å². The zero-order chi connectivity index (χ0) is 17.6. The normalized spacial score (nSPS) is 20.5. The van der Waals surface area contributed by atoms with E-state index in [1.54, 1.807) is 0 Å². The Labute approximate surface area is 141 Å². The summed E-state index contributed by atoms with van der Waals surface area (Å²) in [5.41, 5.74) is -0.0925. The SMILES string of the molecule is CN1CCC(O)CC1.FC(F)(F)c1cncc(N2CCCCC2)c1. The van der Waals surface area contributed by atoms with Crippen LogP contribution < -0.4 is 4.90 Å². The Morgan fingerprint density at radius 1 is 1.04 bits per heavy atom. The van der Waals surface area contributed by atoms with Crippen LogP contribution in [0.2, 0.25) is 0 Å². The van der Waals surface area contributed by atoms with Crippen LogP contribution in [-0.2, 0) is 6.18 Å². The van der Waals surface area contributed by atoms with E-state index in [1.807, 2.05) is 4.90 Å². The molecule has 0 atom stereocenters. The summed E-state index contributed by atoms with van der Waals surface area (Å²) < 4.78 is 37.4. The molecule has 3 rings (SSSR count). The Kier molecular flexibility index (Phi) is 6.86. The molecule has 0 aromatic carbocycles. The Hall–Kier alpha value is -1.34. The zero-order valence-corrected chi connectivity index (χ0v) is 14.1. The van der Waals surface area contributed by atoms with E-state index in [4.69, 9.17) is 5.11 Å². The van der Waals surface area contributed by atoms with E-state index in [1.165, 1.54) is 12.3 Å². The van der Waals surface area contributed by atoms with E-state index >= 15 is 0 Å². The number of hydrogen-bond acceptors (Lipinski definition) is 4. The second-order valence-electron chi connectivity index (χ2n) is 6.51. The number of aliphatic hydroxyl groups excluding tert-OH is 1. The number of likely N-dealkylation sites (tertiary alicyclic amines) is 1. The molecule has 2 aliphatic heterocycles. The third kappa shape index (κ3) is 5.94. The third-order valence-electron chi connectivity index (χ3n) is 4.46. The molecule has 1 aromatic heterocycles. The lowest BCUT2D eigenvalue weighted by Crippen LogP contribution is -2.32. The number of aliphatic hydroxyl groups is 1. The number of halogens is 3. The van der Waals surface area contributed by atoms with Crippen LogP contribution in [0.15, 0.2) is 18.5 Å². The van der Waals surface area contributed by atoms with Gasteiger partial charge in [0.1, 0.15) is 0 Å². The highest BCUT2D eigenvalue weighted by Gasteiger charge is 2.31. The molecule has 2 aliphatic rings. The Bertz CT molecular complexity index is 486. The Morgan fingerprint density at radius 3 is 2.21 bits per heavy atom. The minimum Gasteiger partial charge on any atom is -0.393 e. The summed E-state index contributed by atoms with van der Waals surface area (Å²) in [5.74, 6) is 0. The molecule has 1 N–H and O–H groups in total. The molecule has 2 fully saturated rings. The van der Waals surface area contributed by atoms with Gasteiger partial charge in [-0.3, -0.25) is 4.98 Å². The highest BCUT2D eigenvalue weighted by Crippen LogP contribution is 2.31. The fourth-order valence-electron chi connectivity index (χ4n) is 2.90. The van der Waals surface area contributed by atoms with Crippen molar-refractivity contribution in [3.05, 3.63) is 24.0 Å². The molecule has 3 heterocycles. The monoisotopic (exact) mass is 345 g/mol. The van der Waals surface area contributed by atoms with E-state index in [0.29, 0.717) is 5.69 Å². The maximum absolute atomic E-state index is 12.5. The molecular formula is C17H26F3N3O. The van der Waals surface area contributed by atoms with Crippen LogP contribution in [0.1, 0.15) is 37.7 Å². The first-order valence-corrected chi connectivity index (χ1v) is 8.50. The quantitative estimate of drug-likeness (QED) is 0.849. The van der Waals surface area contributed by atoms with Gasteiger partial charge in [-0.15, -0.1) is 0 Å². The highest BCUT2D eigenvalue weighted by molar-refractivity contribution is 5.46. The fraction of sp³-hybridized carbons (Fsp3) is 0.706. The van der Waals surface area contributed by atoms with Gasteiger partial charge in [-0.1, -0.05) is 0 Å². The molecule has 0 amide bonds. The Morgan fingerprint density at radius 2 is 1.67 bits per heavy atom. The van der Waals surface area contributed by atoms with Crippen LogP contribution in [0.25, 0.3) is 0 Å². The first-order valence-electron chi connectivity index (χ1n) is 8.50. The van der Waals surface area contributed by atoms with E-state index in [-0.39, 0.29) is 6.10 Å². The van der Waals surface area contributed by atoms with Gasteiger partial charge in [-0.2, -0.15) is 13.2 Å². The summed E-state index contributed by atoms with van der Waals surface area (Å²) in [6.07, 6.45) is 3.18. The molecule has 7 heteroatoms. The predicted molar refractivity (Wildman–Crippen MR) is 88.0 cm³/mol. The maximum atomic E-state index is 12.5. The first kappa shape index (κ1) is 19.0. The largest absolute Gasteiger partial charge is 0.417 e. The van der Waals surface area contributed by atoms with Crippen molar-refractivity contribution >= 4 is 5.69 Å². The van der Waals surface area contributed by atoms with Crippen molar-refractivity contribution in [3.8, 4) is 0 Å². The summed E-state index contributed by atoms with van der Waals surface area (Å²) >= 11 is 0. The van der Waals surface area contributed by atoms with Crippen molar-refractivity contribution in [2.24, 2.45) is 0 Å². The minimum absolute atomic E-state index is 0.0220. The maximum Gasteiger partial charge on any atom is 0.417 e. The van der Waals surface area contributed by atoms with Gasteiger partial charge >= 0.3 is 6.18 Å². The second kappa shape index (κ2) is 8.67. The molecule has 0 radical (unpaired) electrons. The van der Waals surface area contributed by atoms with Crippen LogP contribution >= 0.6 is 0 Å². The molecule has 1 aromatic rings. The standard InChI is InChI=1S/C11H13F3N2.C6H13NO/c12-11(13,14)9-6-10(8-15-7-9)16-4-2-1-3-5-16;1-7-4-2-6(8)3-5-7/h6-8H,1-5H2;6,8H,2-5H2,1H3. The molecule has 4 nitrogen and oxygen atoms in total. The van der Waals surface area contributed by atoms with Crippen molar-refractivity contribution in [1.29, 1.82) is 0 Å². The van der Waals surface area contributed by atoms with Crippen molar-refractivity contribution in [2.45, 2.75) is 44.4 Å². The number of hydrogen-bond donors (Lipinski definition) is 1. The summed E-state index contributed by atoms with van der Waals surface area (Å²) in [5, 5.41) is 9.00. The average Bonchev–Trinajstić information content (AvgIpc) is 2.58. The summed E-state index contributed by atoms with van der Waals surface area (Å²) in [7, 11) is 2.09. The summed E-state index contributed by atoms with van der Waals surface area (Å²) in [6.45, 7) is 3.76. The number of rotatable bonds is 1. The number of pyridine rings is 1. The lowest BCUT2D eigenvalue weighted by atomic mass is 10.1. The van der Waals surface area contributed by atoms with E-state index in [0.717, 1.165) is 64.5 Å². The minimum atomic E-state index is -4.31. The zero-order valence-electron chi connectivity index (χ0n) is 14.1. The third-order valence-corrected chi connectivity index (χ3v) is 4.46. The van der Waals surface area contributed by atoms with Crippen LogP contribution in [-0.4, -0.2) is 54.3 Å². The van der Waals surface area contributed by atoms with E-state index < -0.39 is 11.7 Å². The molecule has 0 unspecified atom stereocenters. The average molecular weight is 345 g/mol. The number of piperidine rings is 2. The van der Waals surface area contributed by atoms with Gasteiger partial charge in [0, 0.05) is 32.4 Å². The molecule has 24 heavy (non-hydrogen) atoms. The van der Waals surface area contributed by atoms with Gasteiger partial charge in [0.15, 0.2) is 0 Å². The molecule has 2 saturated heterocycles.